The number of benzene rings is 1. The predicted octanol–water partition coefficient (Wildman–Crippen LogP) is 3.94. The van der Waals surface area contributed by atoms with Crippen LogP contribution in [-0.4, -0.2) is 64.2 Å². The first-order valence-corrected chi connectivity index (χ1v) is 14.7. The van der Waals surface area contributed by atoms with Crippen LogP contribution in [-0.2, 0) is 16.4 Å². The van der Waals surface area contributed by atoms with Gasteiger partial charge in [0.15, 0.2) is 11.3 Å². The minimum atomic E-state index is -3.81. The van der Waals surface area contributed by atoms with E-state index in [1.165, 1.54) is 10.5 Å². The number of aromatic nitrogens is 4. The largest absolute Gasteiger partial charge is 0.493 e. The van der Waals surface area contributed by atoms with E-state index in [1.54, 1.807) is 30.6 Å². The highest BCUT2D eigenvalue weighted by Gasteiger charge is 2.29. The molecule has 0 atom stereocenters. The van der Waals surface area contributed by atoms with E-state index in [4.69, 9.17) is 9.84 Å². The van der Waals surface area contributed by atoms with E-state index < -0.39 is 10.0 Å². The van der Waals surface area contributed by atoms with E-state index in [2.05, 4.69) is 16.9 Å². The number of imidazole rings is 1. The van der Waals surface area contributed by atoms with E-state index in [-0.39, 0.29) is 16.3 Å². The van der Waals surface area contributed by atoms with Gasteiger partial charge in [-0.15, -0.1) is 9.51 Å². The number of nitrogens with zero attached hydrogens (tertiary/aromatic N) is 5. The number of fused-ring (bicyclic) bond motifs is 1. The molecule has 3 heterocycles. The SMILES string of the molecule is CCCCCCc1nc(C)c2c(=O)[nH]c(-c3cc(S(=O)(=O)N(C)N4CCCCC4)ccc3OCC)nn12. The van der Waals surface area contributed by atoms with Gasteiger partial charge in [-0.3, -0.25) is 4.79 Å². The molecule has 1 N–H and O–H groups in total. The van der Waals surface area contributed by atoms with Gasteiger partial charge in [-0.25, -0.2) is 22.9 Å². The van der Waals surface area contributed by atoms with Crippen molar-refractivity contribution in [1.82, 2.24) is 29.0 Å². The normalized spacial score (nSPS) is 15.1. The van der Waals surface area contributed by atoms with Gasteiger partial charge >= 0.3 is 0 Å². The Morgan fingerprint density at radius 3 is 2.57 bits per heavy atom. The van der Waals surface area contributed by atoms with Crippen molar-refractivity contribution in [3.63, 3.8) is 0 Å². The number of rotatable bonds is 11. The molecule has 4 rings (SSSR count). The maximum absolute atomic E-state index is 13.5. The maximum atomic E-state index is 13.5. The third-order valence-electron chi connectivity index (χ3n) is 6.88. The Bertz CT molecular complexity index is 1390. The van der Waals surface area contributed by atoms with Crippen LogP contribution in [0.5, 0.6) is 5.75 Å². The minimum absolute atomic E-state index is 0.114. The average Bonchev–Trinajstić information content (AvgIpc) is 3.22. The molecular formula is C26H38N6O4S. The number of aryl methyl sites for hydroxylation is 2. The topological polar surface area (TPSA) is 113 Å². The van der Waals surface area contributed by atoms with Gasteiger partial charge in [0.1, 0.15) is 11.6 Å². The molecule has 1 aliphatic heterocycles. The van der Waals surface area contributed by atoms with Crippen molar-refractivity contribution in [1.29, 1.82) is 0 Å². The Morgan fingerprint density at radius 1 is 1.11 bits per heavy atom. The number of hydrazine groups is 1. The summed E-state index contributed by atoms with van der Waals surface area (Å²) in [5.74, 6) is 1.42. The quantitative estimate of drug-likeness (QED) is 0.374. The van der Waals surface area contributed by atoms with Gasteiger partial charge in [0.25, 0.3) is 15.6 Å². The van der Waals surface area contributed by atoms with Gasteiger partial charge in [0.2, 0.25) is 0 Å². The van der Waals surface area contributed by atoms with Crippen molar-refractivity contribution in [2.75, 3.05) is 26.7 Å². The summed E-state index contributed by atoms with van der Waals surface area (Å²) in [5.41, 5.74) is 1.12. The highest BCUT2D eigenvalue weighted by Crippen LogP contribution is 2.32. The van der Waals surface area contributed by atoms with Crippen LogP contribution in [0.3, 0.4) is 0 Å². The van der Waals surface area contributed by atoms with E-state index in [0.717, 1.165) is 50.8 Å². The lowest BCUT2D eigenvalue weighted by molar-refractivity contribution is 0.0609. The second-order valence-corrected chi connectivity index (χ2v) is 11.5. The fraction of sp³-hybridized carbons (Fsp3) is 0.577. The average molecular weight is 531 g/mol. The van der Waals surface area contributed by atoms with E-state index >= 15 is 0 Å². The molecular weight excluding hydrogens is 492 g/mol. The summed E-state index contributed by atoms with van der Waals surface area (Å²) in [7, 11) is -2.22. The number of unbranched alkanes of at least 4 members (excludes halogenated alkanes) is 3. The smallest absolute Gasteiger partial charge is 0.277 e. The summed E-state index contributed by atoms with van der Waals surface area (Å²) in [6, 6.07) is 4.71. The van der Waals surface area contributed by atoms with Crippen LogP contribution < -0.4 is 10.3 Å². The van der Waals surface area contributed by atoms with Gasteiger partial charge < -0.3 is 9.72 Å². The van der Waals surface area contributed by atoms with Crippen molar-refractivity contribution in [2.24, 2.45) is 0 Å². The fourth-order valence-electron chi connectivity index (χ4n) is 4.83. The van der Waals surface area contributed by atoms with E-state index in [9.17, 15) is 13.2 Å². The van der Waals surface area contributed by atoms with Crippen LogP contribution in [0.15, 0.2) is 27.9 Å². The molecule has 0 bridgehead atoms. The Labute approximate surface area is 218 Å². The van der Waals surface area contributed by atoms with Crippen molar-refractivity contribution in [2.45, 2.75) is 77.0 Å². The minimum Gasteiger partial charge on any atom is -0.493 e. The molecule has 0 saturated carbocycles. The molecule has 37 heavy (non-hydrogen) atoms. The Kier molecular flexibility index (Phi) is 8.66. The zero-order valence-electron chi connectivity index (χ0n) is 22.3. The zero-order chi connectivity index (χ0) is 26.6. The number of hydrogen-bond donors (Lipinski definition) is 1. The van der Waals surface area contributed by atoms with Crippen LogP contribution in [0.2, 0.25) is 0 Å². The summed E-state index contributed by atoms with van der Waals surface area (Å²) >= 11 is 0. The standard InChI is InChI=1S/C26H38N6O4S/c1-5-7-8-10-13-23-27-19(3)24-26(33)28-25(29-32(23)24)21-18-20(14-15-22(21)36-6-2)37(34,35)30(4)31-16-11-9-12-17-31/h14-15,18H,5-13,16-17H2,1-4H3,(H,28,29,33). The van der Waals surface area contributed by atoms with Crippen molar-refractivity contribution < 1.29 is 13.2 Å². The Hall–Kier alpha value is -2.76. The first kappa shape index (κ1) is 27.3. The third kappa shape index (κ3) is 5.73. The second kappa shape index (κ2) is 11.7. The van der Waals surface area contributed by atoms with Crippen LogP contribution in [0.25, 0.3) is 16.9 Å². The third-order valence-corrected chi connectivity index (χ3v) is 8.66. The molecule has 0 radical (unpaired) electrons. The van der Waals surface area contributed by atoms with Crippen molar-refractivity contribution in [3.05, 3.63) is 40.1 Å². The molecule has 0 unspecified atom stereocenters. The molecule has 202 valence electrons. The van der Waals surface area contributed by atoms with Gasteiger partial charge in [0, 0.05) is 26.6 Å². The summed E-state index contributed by atoms with van der Waals surface area (Å²) < 4.78 is 35.8. The van der Waals surface area contributed by atoms with Gasteiger partial charge in [0.05, 0.1) is 22.8 Å². The van der Waals surface area contributed by atoms with Gasteiger partial charge in [-0.2, -0.15) is 0 Å². The molecule has 1 aliphatic rings. The van der Waals surface area contributed by atoms with Gasteiger partial charge in [-0.05, 0) is 51.3 Å². The summed E-state index contributed by atoms with van der Waals surface area (Å²) in [6.07, 6.45) is 8.06. The van der Waals surface area contributed by atoms with Crippen LogP contribution in [0.4, 0.5) is 0 Å². The molecule has 1 saturated heterocycles. The number of H-pyrrole nitrogens is 1. The number of aromatic amines is 1. The molecule has 1 aromatic carbocycles. The van der Waals surface area contributed by atoms with E-state index in [0.29, 0.717) is 48.6 Å². The lowest BCUT2D eigenvalue weighted by atomic mass is 10.1. The lowest BCUT2D eigenvalue weighted by Crippen LogP contribution is -2.46. The number of hydrogen-bond acceptors (Lipinski definition) is 7. The molecule has 10 nitrogen and oxygen atoms in total. The first-order chi connectivity index (χ1) is 17.8. The molecule has 0 spiro atoms. The Balaban J connectivity index is 1.78. The van der Waals surface area contributed by atoms with Crippen LogP contribution in [0, 0.1) is 6.92 Å². The lowest BCUT2D eigenvalue weighted by Gasteiger charge is -2.33. The maximum Gasteiger partial charge on any atom is 0.277 e. The number of sulfonamides is 1. The number of ether oxygens (including phenoxy) is 1. The molecule has 1 fully saturated rings. The number of piperidine rings is 1. The molecule has 3 aromatic rings. The molecule has 0 amide bonds. The molecule has 2 aromatic heterocycles. The summed E-state index contributed by atoms with van der Waals surface area (Å²) in [5, 5.41) is 6.59. The molecule has 0 aliphatic carbocycles. The first-order valence-electron chi connectivity index (χ1n) is 13.3. The highest BCUT2D eigenvalue weighted by atomic mass is 32.2. The van der Waals surface area contributed by atoms with Gasteiger partial charge in [-0.1, -0.05) is 32.6 Å². The van der Waals surface area contributed by atoms with Crippen molar-refractivity contribution in [3.8, 4) is 17.1 Å². The highest BCUT2D eigenvalue weighted by molar-refractivity contribution is 7.89. The van der Waals surface area contributed by atoms with Crippen LogP contribution in [0.1, 0.15) is 70.3 Å². The zero-order valence-corrected chi connectivity index (χ0v) is 23.1. The summed E-state index contributed by atoms with van der Waals surface area (Å²) in [4.78, 5) is 20.7. The molecule has 11 heteroatoms. The van der Waals surface area contributed by atoms with Crippen LogP contribution >= 0.6 is 0 Å². The monoisotopic (exact) mass is 530 g/mol. The fourth-order valence-corrected chi connectivity index (χ4v) is 6.11. The number of nitrogens with one attached hydrogen (secondary N) is 1. The Morgan fingerprint density at radius 2 is 1.86 bits per heavy atom. The van der Waals surface area contributed by atoms with Crippen molar-refractivity contribution >= 4 is 15.5 Å². The van der Waals surface area contributed by atoms with E-state index in [1.807, 2.05) is 11.9 Å². The predicted molar refractivity (Wildman–Crippen MR) is 143 cm³/mol. The summed E-state index contributed by atoms with van der Waals surface area (Å²) in [6.45, 7) is 7.60. The second-order valence-electron chi connectivity index (χ2n) is 9.53.